The lowest BCUT2D eigenvalue weighted by Crippen LogP contribution is -2.39. The molecule has 0 radical (unpaired) electrons. The first kappa shape index (κ1) is 28.9. The molecule has 0 aliphatic heterocycles. The predicted molar refractivity (Wildman–Crippen MR) is 130 cm³/mol. The Balaban J connectivity index is 2.03. The Morgan fingerprint density at radius 2 is 1.78 bits per heavy atom. The summed E-state index contributed by atoms with van der Waals surface area (Å²) in [7, 11) is -4.17. The predicted octanol–water partition coefficient (Wildman–Crippen LogP) is 3.18. The van der Waals surface area contributed by atoms with Crippen molar-refractivity contribution in [2.24, 2.45) is 5.10 Å². The van der Waals surface area contributed by atoms with Crippen molar-refractivity contribution in [3.05, 3.63) is 58.6 Å². The molecule has 2 aromatic carbocycles. The van der Waals surface area contributed by atoms with Gasteiger partial charge in [0.05, 0.1) is 28.7 Å². The molecular formula is C22H24ClF3N4O5S. The van der Waals surface area contributed by atoms with Crippen molar-refractivity contribution < 1.29 is 35.9 Å². The minimum absolute atomic E-state index is 0.0125. The Morgan fingerprint density at radius 1 is 1.14 bits per heavy atom. The van der Waals surface area contributed by atoms with Crippen LogP contribution in [0.4, 0.5) is 18.9 Å². The fourth-order valence-electron chi connectivity index (χ4n) is 2.77. The summed E-state index contributed by atoms with van der Waals surface area (Å²) in [6.07, 6.45) is -2.75. The van der Waals surface area contributed by atoms with Crippen molar-refractivity contribution in [3.63, 3.8) is 0 Å². The third-order valence-corrected chi connectivity index (χ3v) is 5.78. The number of rotatable bonds is 10. The summed E-state index contributed by atoms with van der Waals surface area (Å²) in [6, 6.07) is 8.48. The van der Waals surface area contributed by atoms with E-state index in [4.69, 9.17) is 16.3 Å². The molecule has 0 atom stereocenters. The summed E-state index contributed by atoms with van der Waals surface area (Å²) in [4.78, 5) is 23.9. The molecule has 0 heterocycles. The van der Waals surface area contributed by atoms with Crippen molar-refractivity contribution in [3.8, 4) is 5.75 Å². The fraction of sp³-hybridized carbons (Fsp3) is 0.318. The highest BCUT2D eigenvalue weighted by Crippen LogP contribution is 2.36. The van der Waals surface area contributed by atoms with Gasteiger partial charge in [-0.05, 0) is 61.9 Å². The number of hydrogen-bond donors (Lipinski definition) is 2. The Bertz CT molecular complexity index is 1220. The van der Waals surface area contributed by atoms with E-state index in [0.717, 1.165) is 12.3 Å². The first-order chi connectivity index (χ1) is 16.7. The quantitative estimate of drug-likeness (QED) is 0.349. The van der Waals surface area contributed by atoms with Crippen LogP contribution in [-0.2, 0) is 25.8 Å². The molecule has 2 aromatic rings. The number of anilines is 1. The van der Waals surface area contributed by atoms with Crippen molar-refractivity contribution in [1.82, 2.24) is 10.7 Å². The summed E-state index contributed by atoms with van der Waals surface area (Å²) in [6.45, 7) is 2.63. The van der Waals surface area contributed by atoms with Gasteiger partial charge in [-0.15, -0.1) is 0 Å². The van der Waals surface area contributed by atoms with Crippen molar-refractivity contribution >= 4 is 45.3 Å². The highest BCUT2D eigenvalue weighted by molar-refractivity contribution is 7.92. The molecule has 0 saturated heterocycles. The first-order valence-corrected chi connectivity index (χ1v) is 12.6. The molecule has 0 spiro atoms. The van der Waals surface area contributed by atoms with E-state index in [0.29, 0.717) is 27.8 Å². The minimum atomic E-state index is -4.74. The van der Waals surface area contributed by atoms with Crippen LogP contribution in [0.15, 0.2) is 47.6 Å². The SMILES string of the molecule is CC(C)NC(=O)COc1ccc(/C=N/NC(=O)CN(c2cc(C(F)(F)F)ccc2Cl)S(C)(=O)=O)cc1. The van der Waals surface area contributed by atoms with Gasteiger partial charge in [0, 0.05) is 6.04 Å². The van der Waals surface area contributed by atoms with Crippen molar-refractivity contribution in [2.75, 3.05) is 23.7 Å². The Hall–Kier alpha value is -3.32. The van der Waals surface area contributed by atoms with Crippen LogP contribution in [0.25, 0.3) is 0 Å². The third-order valence-electron chi connectivity index (χ3n) is 4.33. The van der Waals surface area contributed by atoms with Crippen LogP contribution in [-0.4, -0.2) is 51.9 Å². The number of hydrazone groups is 1. The Kier molecular flexibility index (Phi) is 9.70. The number of ether oxygens (including phenoxy) is 1. The van der Waals surface area contributed by atoms with Gasteiger partial charge in [0.2, 0.25) is 10.0 Å². The van der Waals surface area contributed by atoms with E-state index in [1.807, 2.05) is 13.8 Å². The number of benzene rings is 2. The molecule has 0 fully saturated rings. The molecule has 0 aliphatic rings. The normalized spacial score (nSPS) is 12.0. The van der Waals surface area contributed by atoms with Gasteiger partial charge in [-0.1, -0.05) is 11.6 Å². The van der Waals surface area contributed by atoms with Crippen LogP contribution in [0.2, 0.25) is 5.02 Å². The molecule has 36 heavy (non-hydrogen) atoms. The third kappa shape index (κ3) is 9.04. The van der Waals surface area contributed by atoms with E-state index < -0.39 is 39.9 Å². The van der Waals surface area contributed by atoms with Crippen LogP contribution in [0.3, 0.4) is 0 Å². The van der Waals surface area contributed by atoms with Gasteiger partial charge in [-0.3, -0.25) is 13.9 Å². The highest BCUT2D eigenvalue weighted by atomic mass is 35.5. The van der Waals surface area contributed by atoms with Gasteiger partial charge in [0.15, 0.2) is 6.61 Å². The topological polar surface area (TPSA) is 117 Å². The molecule has 0 aromatic heterocycles. The van der Waals surface area contributed by atoms with E-state index in [-0.39, 0.29) is 23.6 Å². The Morgan fingerprint density at radius 3 is 2.33 bits per heavy atom. The van der Waals surface area contributed by atoms with Gasteiger partial charge in [-0.2, -0.15) is 18.3 Å². The summed E-state index contributed by atoms with van der Waals surface area (Å²) in [5, 5.41) is 6.12. The summed E-state index contributed by atoms with van der Waals surface area (Å²) < 4.78 is 69.4. The molecule has 2 N–H and O–H groups in total. The van der Waals surface area contributed by atoms with Gasteiger partial charge < -0.3 is 10.1 Å². The molecule has 0 unspecified atom stereocenters. The van der Waals surface area contributed by atoms with E-state index in [9.17, 15) is 31.2 Å². The lowest BCUT2D eigenvalue weighted by atomic mass is 10.2. The molecule has 0 bridgehead atoms. The lowest BCUT2D eigenvalue weighted by Gasteiger charge is -2.23. The molecule has 9 nitrogen and oxygen atoms in total. The monoisotopic (exact) mass is 548 g/mol. The maximum atomic E-state index is 13.1. The number of sulfonamides is 1. The number of hydrogen-bond acceptors (Lipinski definition) is 6. The molecule has 0 aliphatic carbocycles. The smallest absolute Gasteiger partial charge is 0.416 e. The highest BCUT2D eigenvalue weighted by Gasteiger charge is 2.33. The number of nitrogens with one attached hydrogen (secondary N) is 2. The zero-order chi connectivity index (χ0) is 27.1. The second-order valence-electron chi connectivity index (χ2n) is 7.81. The molecule has 2 amide bonds. The van der Waals surface area contributed by atoms with E-state index in [2.05, 4.69) is 15.8 Å². The molecule has 2 rings (SSSR count). The number of halogens is 4. The maximum Gasteiger partial charge on any atom is 0.416 e. The average molecular weight is 549 g/mol. The number of carbonyl (C=O) groups excluding carboxylic acids is 2. The number of alkyl halides is 3. The van der Waals surface area contributed by atoms with Crippen molar-refractivity contribution in [2.45, 2.75) is 26.1 Å². The molecule has 0 saturated carbocycles. The zero-order valence-electron chi connectivity index (χ0n) is 19.5. The van der Waals surface area contributed by atoms with Gasteiger partial charge in [-0.25, -0.2) is 13.8 Å². The molecular weight excluding hydrogens is 525 g/mol. The van der Waals surface area contributed by atoms with Gasteiger partial charge in [0.1, 0.15) is 12.3 Å². The lowest BCUT2D eigenvalue weighted by molar-refractivity contribution is -0.137. The maximum absolute atomic E-state index is 13.1. The first-order valence-electron chi connectivity index (χ1n) is 10.4. The fourth-order valence-corrected chi connectivity index (χ4v) is 3.90. The number of amides is 2. The second-order valence-corrected chi connectivity index (χ2v) is 10.1. The minimum Gasteiger partial charge on any atom is -0.484 e. The largest absolute Gasteiger partial charge is 0.484 e. The summed E-state index contributed by atoms with van der Waals surface area (Å²) in [5.41, 5.74) is 1.03. The average Bonchev–Trinajstić information content (AvgIpc) is 2.75. The van der Waals surface area contributed by atoms with Crippen LogP contribution in [0, 0.1) is 0 Å². The number of nitrogens with zero attached hydrogens (tertiary/aromatic N) is 2. The Labute approximate surface area is 211 Å². The standard InChI is InChI=1S/C22H24ClF3N4O5S/c1-14(2)28-21(32)13-35-17-7-4-15(5-8-17)11-27-29-20(31)12-30(36(3,33)34)19-10-16(22(24,25)26)6-9-18(19)23/h4-11,14H,12-13H2,1-3H3,(H,28,32)(H,29,31)/b27-11+. The van der Waals surface area contributed by atoms with Crippen LogP contribution >= 0.6 is 11.6 Å². The summed E-state index contributed by atoms with van der Waals surface area (Å²) >= 11 is 5.92. The van der Waals surface area contributed by atoms with E-state index in [1.54, 1.807) is 24.3 Å². The van der Waals surface area contributed by atoms with Crippen molar-refractivity contribution in [1.29, 1.82) is 0 Å². The van der Waals surface area contributed by atoms with Crippen LogP contribution in [0.1, 0.15) is 25.0 Å². The van der Waals surface area contributed by atoms with Gasteiger partial charge in [0.25, 0.3) is 11.8 Å². The van der Waals surface area contributed by atoms with E-state index >= 15 is 0 Å². The van der Waals surface area contributed by atoms with Gasteiger partial charge >= 0.3 is 6.18 Å². The number of carbonyl (C=O) groups is 2. The zero-order valence-corrected chi connectivity index (χ0v) is 21.0. The van der Waals surface area contributed by atoms with Crippen LogP contribution < -0.4 is 19.8 Å². The molecule has 14 heteroatoms. The van der Waals surface area contributed by atoms with Crippen LogP contribution in [0.5, 0.6) is 5.75 Å². The second kappa shape index (κ2) is 12.1. The summed E-state index contributed by atoms with van der Waals surface area (Å²) in [5.74, 6) is -0.758. The van der Waals surface area contributed by atoms with E-state index in [1.165, 1.54) is 6.21 Å². The molecule has 196 valence electrons.